The van der Waals surface area contributed by atoms with Crippen molar-refractivity contribution in [2.75, 3.05) is 0 Å². The average Bonchev–Trinajstić information content (AvgIpc) is 2.99. The first-order chi connectivity index (χ1) is 10.7. The number of hydrogen-bond acceptors (Lipinski definition) is 4. The van der Waals surface area contributed by atoms with Crippen LogP contribution in [-0.4, -0.2) is 19.9 Å². The molecule has 106 valence electrons. The van der Waals surface area contributed by atoms with Crippen molar-refractivity contribution < 1.29 is 4.92 Å². The summed E-state index contributed by atoms with van der Waals surface area (Å²) in [4.78, 5) is 12.1. The van der Waals surface area contributed by atoms with Crippen LogP contribution in [0.5, 0.6) is 0 Å². The van der Waals surface area contributed by atoms with E-state index in [2.05, 4.69) is 10.2 Å². The molecule has 0 aliphatic heterocycles. The lowest BCUT2D eigenvalue weighted by Crippen LogP contribution is -2.02. The molecule has 0 saturated heterocycles. The summed E-state index contributed by atoms with van der Waals surface area (Å²) < 4.78 is 0. The summed E-state index contributed by atoms with van der Waals surface area (Å²) in [6.07, 6.45) is 0. The molecule has 0 radical (unpaired) electrons. The fourth-order valence-electron chi connectivity index (χ4n) is 2.54. The third-order valence-corrected chi connectivity index (χ3v) is 3.57. The highest BCUT2D eigenvalue weighted by Gasteiger charge is 2.17. The third kappa shape index (κ3) is 1.81. The predicted molar refractivity (Wildman–Crippen MR) is 83.0 cm³/mol. The SMILES string of the molecule is O=[N+]([O-])c1ccccc1-n1nc2ccc3ccccc3c2n1. The lowest BCUT2D eigenvalue weighted by Gasteiger charge is -1.99. The van der Waals surface area contributed by atoms with Gasteiger partial charge in [-0.25, -0.2) is 0 Å². The van der Waals surface area contributed by atoms with Crippen molar-refractivity contribution in [2.45, 2.75) is 0 Å². The molecule has 6 heteroatoms. The molecule has 4 rings (SSSR count). The number of rotatable bonds is 2. The highest BCUT2D eigenvalue weighted by Crippen LogP contribution is 2.26. The molecule has 0 aliphatic rings. The maximum Gasteiger partial charge on any atom is 0.296 e. The Bertz CT molecular complexity index is 1020. The molecule has 22 heavy (non-hydrogen) atoms. The lowest BCUT2D eigenvalue weighted by molar-refractivity contribution is -0.384. The Morgan fingerprint density at radius 3 is 2.55 bits per heavy atom. The Morgan fingerprint density at radius 1 is 0.909 bits per heavy atom. The minimum Gasteiger partial charge on any atom is -0.258 e. The molecule has 0 unspecified atom stereocenters. The molecule has 0 N–H and O–H groups in total. The second-order valence-corrected chi connectivity index (χ2v) is 4.89. The number of para-hydroxylation sites is 2. The van der Waals surface area contributed by atoms with Crippen LogP contribution in [0.15, 0.2) is 60.7 Å². The van der Waals surface area contributed by atoms with Gasteiger partial charge in [-0.15, -0.1) is 15.0 Å². The molecule has 3 aromatic carbocycles. The molecule has 0 atom stereocenters. The maximum absolute atomic E-state index is 11.2. The van der Waals surface area contributed by atoms with E-state index < -0.39 is 4.92 Å². The minimum atomic E-state index is -0.429. The lowest BCUT2D eigenvalue weighted by atomic mass is 10.1. The summed E-state index contributed by atoms with van der Waals surface area (Å²) in [5, 5.41) is 22.0. The van der Waals surface area contributed by atoms with Gasteiger partial charge < -0.3 is 0 Å². The molecule has 4 aromatic rings. The Hall–Kier alpha value is -3.28. The van der Waals surface area contributed by atoms with E-state index in [0.717, 1.165) is 16.3 Å². The van der Waals surface area contributed by atoms with E-state index in [1.165, 1.54) is 10.9 Å². The van der Waals surface area contributed by atoms with Crippen molar-refractivity contribution in [1.29, 1.82) is 0 Å². The molecule has 0 spiro atoms. The number of aromatic nitrogens is 3. The molecular formula is C16H10N4O2. The molecule has 0 saturated carbocycles. The van der Waals surface area contributed by atoms with Crippen LogP contribution in [0.2, 0.25) is 0 Å². The van der Waals surface area contributed by atoms with Crippen LogP contribution in [0.3, 0.4) is 0 Å². The van der Waals surface area contributed by atoms with Crippen LogP contribution in [-0.2, 0) is 0 Å². The number of fused-ring (bicyclic) bond motifs is 3. The van der Waals surface area contributed by atoms with Gasteiger partial charge in [0.15, 0.2) is 5.69 Å². The van der Waals surface area contributed by atoms with Gasteiger partial charge in [0.2, 0.25) is 0 Å². The van der Waals surface area contributed by atoms with Crippen molar-refractivity contribution >= 4 is 27.5 Å². The van der Waals surface area contributed by atoms with Crippen LogP contribution in [0, 0.1) is 10.1 Å². The molecule has 0 amide bonds. The van der Waals surface area contributed by atoms with Crippen molar-refractivity contribution in [3.63, 3.8) is 0 Å². The summed E-state index contributed by atoms with van der Waals surface area (Å²) in [6.45, 7) is 0. The zero-order valence-electron chi connectivity index (χ0n) is 11.4. The monoisotopic (exact) mass is 290 g/mol. The second-order valence-electron chi connectivity index (χ2n) is 4.89. The van der Waals surface area contributed by atoms with Crippen LogP contribution in [0.1, 0.15) is 0 Å². The van der Waals surface area contributed by atoms with Crippen molar-refractivity contribution in [2.24, 2.45) is 0 Å². The first-order valence-corrected chi connectivity index (χ1v) is 6.72. The molecule has 0 fully saturated rings. The largest absolute Gasteiger partial charge is 0.296 e. The molecule has 0 aliphatic carbocycles. The number of hydrogen-bond donors (Lipinski definition) is 0. The quantitative estimate of drug-likeness (QED) is 0.418. The summed E-state index contributed by atoms with van der Waals surface area (Å²) in [6, 6.07) is 18.1. The molecule has 1 aromatic heterocycles. The standard InChI is InChI=1S/C16H10N4O2/c21-20(22)15-8-4-3-7-14(15)19-17-13-10-9-11-5-1-2-6-12(11)16(13)18-19/h1-10H. The average molecular weight is 290 g/mol. The first kappa shape index (κ1) is 12.5. The van der Waals surface area contributed by atoms with E-state index in [-0.39, 0.29) is 5.69 Å². The predicted octanol–water partition coefficient (Wildman–Crippen LogP) is 3.48. The normalized spacial score (nSPS) is 11.1. The highest BCUT2D eigenvalue weighted by molar-refractivity contribution is 6.03. The van der Waals surface area contributed by atoms with E-state index in [1.807, 2.05) is 36.4 Å². The second kappa shape index (κ2) is 4.63. The van der Waals surface area contributed by atoms with Gasteiger partial charge in [0.05, 0.1) is 4.92 Å². The topological polar surface area (TPSA) is 73.8 Å². The fourth-order valence-corrected chi connectivity index (χ4v) is 2.54. The molecule has 6 nitrogen and oxygen atoms in total. The van der Waals surface area contributed by atoms with Crippen molar-refractivity contribution in [1.82, 2.24) is 15.0 Å². The van der Waals surface area contributed by atoms with Gasteiger partial charge in [-0.3, -0.25) is 10.1 Å². The van der Waals surface area contributed by atoms with Crippen LogP contribution in [0.4, 0.5) is 5.69 Å². The first-order valence-electron chi connectivity index (χ1n) is 6.72. The summed E-state index contributed by atoms with van der Waals surface area (Å²) in [5.41, 5.74) is 1.77. The smallest absolute Gasteiger partial charge is 0.258 e. The zero-order chi connectivity index (χ0) is 15.1. The van der Waals surface area contributed by atoms with Gasteiger partial charge in [0, 0.05) is 11.5 Å². The summed E-state index contributed by atoms with van der Waals surface area (Å²) >= 11 is 0. The Kier molecular flexibility index (Phi) is 2.62. The minimum absolute atomic E-state index is 0.0212. The van der Waals surface area contributed by atoms with Gasteiger partial charge in [-0.2, -0.15) is 0 Å². The van der Waals surface area contributed by atoms with Gasteiger partial charge in [-0.1, -0.05) is 42.5 Å². The van der Waals surface area contributed by atoms with Crippen LogP contribution in [0.25, 0.3) is 27.5 Å². The van der Waals surface area contributed by atoms with Gasteiger partial charge in [0.1, 0.15) is 11.0 Å². The van der Waals surface area contributed by atoms with E-state index >= 15 is 0 Å². The van der Waals surface area contributed by atoms with E-state index in [4.69, 9.17) is 0 Å². The molecule has 1 heterocycles. The van der Waals surface area contributed by atoms with Gasteiger partial charge in [0.25, 0.3) is 5.69 Å². The number of nitrogens with zero attached hydrogens (tertiary/aromatic N) is 4. The van der Waals surface area contributed by atoms with Crippen molar-refractivity contribution in [3.8, 4) is 5.69 Å². The van der Waals surface area contributed by atoms with E-state index in [9.17, 15) is 10.1 Å². The molecular weight excluding hydrogens is 280 g/mol. The zero-order valence-corrected chi connectivity index (χ0v) is 11.4. The van der Waals surface area contributed by atoms with Crippen LogP contribution >= 0.6 is 0 Å². The molecule has 0 bridgehead atoms. The van der Waals surface area contributed by atoms with E-state index in [1.54, 1.807) is 18.2 Å². The third-order valence-electron chi connectivity index (χ3n) is 3.57. The Balaban J connectivity index is 2.01. The van der Waals surface area contributed by atoms with Crippen molar-refractivity contribution in [3.05, 3.63) is 70.8 Å². The Labute approximate surface area is 124 Å². The summed E-state index contributed by atoms with van der Waals surface area (Å²) in [5.74, 6) is 0. The Morgan fingerprint density at radius 2 is 1.68 bits per heavy atom. The van der Waals surface area contributed by atoms with Gasteiger partial charge >= 0.3 is 0 Å². The number of benzene rings is 3. The number of nitro benzene ring substituents is 1. The summed E-state index contributed by atoms with van der Waals surface area (Å²) in [7, 11) is 0. The van der Waals surface area contributed by atoms with E-state index in [0.29, 0.717) is 11.2 Å². The van der Waals surface area contributed by atoms with Crippen LogP contribution < -0.4 is 0 Å². The maximum atomic E-state index is 11.2. The highest BCUT2D eigenvalue weighted by atomic mass is 16.6. The number of nitro groups is 1. The van der Waals surface area contributed by atoms with Gasteiger partial charge in [-0.05, 0) is 17.5 Å². The fraction of sp³-hybridized carbons (Fsp3) is 0.